The van der Waals surface area contributed by atoms with Crippen LogP contribution in [0.3, 0.4) is 0 Å². The molecule has 28 heavy (non-hydrogen) atoms. The third kappa shape index (κ3) is 3.38. The van der Waals surface area contributed by atoms with E-state index in [1.54, 1.807) is 12.2 Å². The van der Waals surface area contributed by atoms with Gasteiger partial charge in [0.15, 0.2) is 0 Å². The summed E-state index contributed by atoms with van der Waals surface area (Å²) in [5.74, 6) is 0.671. The van der Waals surface area contributed by atoms with Gasteiger partial charge in [0, 0.05) is 29.6 Å². The molecule has 4 rings (SSSR count). The van der Waals surface area contributed by atoms with Gasteiger partial charge in [0.05, 0.1) is 5.69 Å². The van der Waals surface area contributed by atoms with Crippen LogP contribution in [0.2, 0.25) is 0 Å². The number of hydrogen-bond donors (Lipinski definition) is 0. The van der Waals surface area contributed by atoms with E-state index < -0.39 is 7.40 Å². The molecule has 1 aliphatic heterocycles. The van der Waals surface area contributed by atoms with E-state index >= 15 is 0 Å². The van der Waals surface area contributed by atoms with Crippen LogP contribution >= 0.6 is 0 Å². The van der Waals surface area contributed by atoms with E-state index in [0.29, 0.717) is 18.1 Å². The van der Waals surface area contributed by atoms with Crippen LogP contribution in [-0.4, -0.2) is 21.8 Å². The summed E-state index contributed by atoms with van der Waals surface area (Å²) >= 11 is 0. The van der Waals surface area contributed by atoms with Gasteiger partial charge in [-0.1, -0.05) is 54.6 Å². The Kier molecular flexibility index (Phi) is 4.86. The van der Waals surface area contributed by atoms with Gasteiger partial charge in [-0.15, -0.1) is 0 Å². The van der Waals surface area contributed by atoms with Crippen LogP contribution in [0.5, 0.6) is 0 Å². The number of benzene rings is 2. The summed E-state index contributed by atoms with van der Waals surface area (Å²) in [4.78, 5) is 5.65. The maximum atomic E-state index is 13.7. The highest BCUT2D eigenvalue weighted by Crippen LogP contribution is 2.32. The largest absolute Gasteiger partial charge is 0.677 e. The minimum Gasteiger partial charge on any atom is -0.332 e. The fourth-order valence-corrected chi connectivity index (χ4v) is 3.46. The molecule has 0 saturated carbocycles. The summed E-state index contributed by atoms with van der Waals surface area (Å²) in [7, 11) is -2.63. The average Bonchev–Trinajstić information content (AvgIpc) is 2.96. The van der Waals surface area contributed by atoms with Crippen molar-refractivity contribution in [2.75, 3.05) is 0 Å². The molecule has 0 amide bonds. The second kappa shape index (κ2) is 7.47. The zero-order valence-corrected chi connectivity index (χ0v) is 15.8. The van der Waals surface area contributed by atoms with E-state index in [0.717, 1.165) is 32.9 Å². The first-order valence-corrected chi connectivity index (χ1v) is 9.18. The zero-order chi connectivity index (χ0) is 19.7. The van der Waals surface area contributed by atoms with Crippen molar-refractivity contribution in [2.45, 2.75) is 20.4 Å². The lowest BCUT2D eigenvalue weighted by atomic mass is 9.96. The second-order valence-electron chi connectivity index (χ2n) is 6.83. The Balaban J connectivity index is 1.83. The maximum Gasteiger partial charge on any atom is 0.677 e. The molecule has 3 nitrogen and oxygen atoms in total. The van der Waals surface area contributed by atoms with Gasteiger partial charge in [-0.25, -0.2) is 4.98 Å². The van der Waals surface area contributed by atoms with E-state index in [-0.39, 0.29) is 0 Å². The molecular formula is C22H20BF2N3. The van der Waals surface area contributed by atoms with Crippen molar-refractivity contribution in [3.05, 3.63) is 94.7 Å². The first-order valence-electron chi connectivity index (χ1n) is 9.18. The van der Waals surface area contributed by atoms with E-state index in [4.69, 9.17) is 0 Å². The minimum atomic E-state index is -2.63. The molecule has 1 aliphatic rings. The number of nitrogens with zero attached hydrogens (tertiary/aromatic N) is 3. The van der Waals surface area contributed by atoms with E-state index in [1.807, 2.05) is 56.3 Å². The highest BCUT2D eigenvalue weighted by molar-refractivity contribution is 6.42. The number of imidazole rings is 1. The van der Waals surface area contributed by atoms with Crippen LogP contribution in [0, 0.1) is 13.8 Å². The summed E-state index contributed by atoms with van der Waals surface area (Å²) in [5.41, 5.74) is 5.20. The molecule has 2 aromatic carbocycles. The Hall–Kier alpha value is -3.15. The fraction of sp³-hybridized carbons (Fsp3) is 0.136. The summed E-state index contributed by atoms with van der Waals surface area (Å²) in [5, 5.41) is 0. The normalized spacial score (nSPS) is 14.4. The summed E-state index contributed by atoms with van der Waals surface area (Å²) in [6, 6.07) is 17.6. The summed E-state index contributed by atoms with van der Waals surface area (Å²) in [6.07, 6.45) is 4.91. The second-order valence-corrected chi connectivity index (χ2v) is 6.83. The molecule has 0 radical (unpaired) electrons. The molecule has 0 saturated heterocycles. The van der Waals surface area contributed by atoms with Gasteiger partial charge in [0.25, 0.3) is 0 Å². The van der Waals surface area contributed by atoms with Gasteiger partial charge in [-0.3, -0.25) is 8.63 Å². The van der Waals surface area contributed by atoms with Crippen LogP contribution in [0.1, 0.15) is 33.9 Å². The predicted octanol–water partition coefficient (Wildman–Crippen LogP) is 5.26. The SMILES string of the molecule is Cc1nc(/C=C2\c3ccccc3C=CN2B(F)F)n(Cc2ccccc2)c1C. The Labute approximate surface area is 163 Å². The zero-order valence-electron chi connectivity index (χ0n) is 15.8. The standard InChI is InChI=1S/C22H20BF2N3/c1-16-17(2)27(15-18-8-4-3-5-9-18)22(26-16)14-21-20-11-7-6-10-19(20)12-13-28(21)23(24)25/h3-14H,15H2,1-2H3/b21-14+. The van der Waals surface area contributed by atoms with Gasteiger partial charge < -0.3 is 9.38 Å². The minimum absolute atomic E-state index is 0.451. The van der Waals surface area contributed by atoms with Crippen molar-refractivity contribution in [1.82, 2.24) is 14.4 Å². The molecule has 0 N–H and O–H groups in total. The van der Waals surface area contributed by atoms with E-state index in [1.165, 1.54) is 6.20 Å². The predicted molar refractivity (Wildman–Crippen MR) is 110 cm³/mol. The summed E-state index contributed by atoms with van der Waals surface area (Å²) in [6.45, 7) is 4.59. The molecule has 3 aromatic rings. The Bertz CT molecular complexity index is 1050. The van der Waals surface area contributed by atoms with Crippen LogP contribution < -0.4 is 0 Å². The number of rotatable bonds is 4. The smallest absolute Gasteiger partial charge is 0.332 e. The van der Waals surface area contributed by atoms with Crippen LogP contribution in [0.4, 0.5) is 8.63 Å². The van der Waals surface area contributed by atoms with Crippen molar-refractivity contribution in [1.29, 1.82) is 0 Å². The van der Waals surface area contributed by atoms with Gasteiger partial charge in [0.1, 0.15) is 5.82 Å². The molecule has 0 aliphatic carbocycles. The van der Waals surface area contributed by atoms with Gasteiger partial charge in [-0.05, 0) is 37.3 Å². The Morgan fingerprint density at radius 1 is 1.00 bits per heavy atom. The fourth-order valence-electron chi connectivity index (χ4n) is 3.46. The first kappa shape index (κ1) is 18.2. The van der Waals surface area contributed by atoms with Crippen molar-refractivity contribution in [3.8, 4) is 0 Å². The van der Waals surface area contributed by atoms with Crippen LogP contribution in [0.25, 0.3) is 17.8 Å². The molecule has 0 bridgehead atoms. The quantitative estimate of drug-likeness (QED) is 0.581. The molecule has 0 unspecified atom stereocenters. The summed E-state index contributed by atoms with van der Waals surface area (Å²) < 4.78 is 29.5. The van der Waals surface area contributed by atoms with Crippen LogP contribution in [-0.2, 0) is 6.54 Å². The molecule has 2 heterocycles. The lowest BCUT2D eigenvalue weighted by Crippen LogP contribution is -2.28. The van der Waals surface area contributed by atoms with Gasteiger partial charge >= 0.3 is 7.40 Å². The molecule has 0 fully saturated rings. The molecule has 0 atom stereocenters. The lowest BCUT2D eigenvalue weighted by molar-refractivity contribution is 0.550. The third-order valence-electron chi connectivity index (χ3n) is 5.08. The highest BCUT2D eigenvalue weighted by Gasteiger charge is 2.30. The molecular weight excluding hydrogens is 355 g/mol. The Morgan fingerprint density at radius 3 is 2.46 bits per heavy atom. The van der Waals surface area contributed by atoms with Crippen LogP contribution in [0.15, 0.2) is 60.8 Å². The van der Waals surface area contributed by atoms with Crippen molar-refractivity contribution in [2.24, 2.45) is 0 Å². The molecule has 1 aromatic heterocycles. The molecule has 140 valence electrons. The lowest BCUT2D eigenvalue weighted by Gasteiger charge is -2.26. The van der Waals surface area contributed by atoms with E-state index in [2.05, 4.69) is 21.7 Å². The number of hydrogen-bond acceptors (Lipinski definition) is 2. The number of fused-ring (bicyclic) bond motifs is 1. The topological polar surface area (TPSA) is 21.1 Å². The van der Waals surface area contributed by atoms with Crippen molar-refractivity contribution < 1.29 is 8.63 Å². The first-order chi connectivity index (χ1) is 13.5. The van der Waals surface area contributed by atoms with Gasteiger partial charge in [-0.2, -0.15) is 0 Å². The Morgan fingerprint density at radius 2 is 1.71 bits per heavy atom. The highest BCUT2D eigenvalue weighted by atomic mass is 19.2. The van der Waals surface area contributed by atoms with E-state index in [9.17, 15) is 8.63 Å². The maximum absolute atomic E-state index is 13.7. The molecule has 6 heteroatoms. The van der Waals surface area contributed by atoms with Crippen molar-refractivity contribution >= 4 is 25.3 Å². The number of halogens is 2. The number of aromatic nitrogens is 2. The van der Waals surface area contributed by atoms with Crippen molar-refractivity contribution in [3.63, 3.8) is 0 Å². The monoisotopic (exact) mass is 375 g/mol. The average molecular weight is 375 g/mol. The van der Waals surface area contributed by atoms with Gasteiger partial charge in [0.2, 0.25) is 0 Å². The molecule has 0 spiro atoms. The third-order valence-corrected chi connectivity index (χ3v) is 5.08. The number of aryl methyl sites for hydroxylation is 1.